The van der Waals surface area contributed by atoms with E-state index >= 15 is 0 Å². The molecule has 2 aromatic rings. The number of rotatable bonds is 12. The molecule has 0 radical (unpaired) electrons. The summed E-state index contributed by atoms with van der Waals surface area (Å²) in [6.45, 7) is 2.47. The van der Waals surface area contributed by atoms with Crippen LogP contribution in [0, 0.1) is 5.92 Å². The molecule has 1 fully saturated rings. The highest BCUT2D eigenvalue weighted by molar-refractivity contribution is 5.90. The molecule has 4 N–H and O–H groups in total. The normalized spacial score (nSPS) is 17.7. The molecule has 0 saturated heterocycles. The molecule has 1 saturated carbocycles. The molecule has 0 aliphatic heterocycles. The van der Waals surface area contributed by atoms with Crippen LogP contribution in [0.15, 0.2) is 48.5 Å². The summed E-state index contributed by atoms with van der Waals surface area (Å²) in [7, 11) is 0. The van der Waals surface area contributed by atoms with Gasteiger partial charge >= 0.3 is 11.9 Å². The van der Waals surface area contributed by atoms with Gasteiger partial charge in [-0.25, -0.2) is 9.59 Å². The molecule has 0 unspecified atom stereocenters. The Morgan fingerprint density at radius 2 is 1.72 bits per heavy atom. The monoisotopic (exact) mass is 492 g/mol. The fourth-order valence-electron chi connectivity index (χ4n) is 4.66. The van der Waals surface area contributed by atoms with Gasteiger partial charge in [-0.2, -0.15) is 0 Å². The lowest BCUT2D eigenvalue weighted by atomic mass is 9.84. The van der Waals surface area contributed by atoms with E-state index in [2.05, 4.69) is 6.92 Å². The van der Waals surface area contributed by atoms with Crippen molar-refractivity contribution in [2.45, 2.75) is 77.2 Å². The average Bonchev–Trinajstić information content (AvgIpc) is 2.88. The van der Waals surface area contributed by atoms with Gasteiger partial charge in [-0.3, -0.25) is 0 Å². The van der Waals surface area contributed by atoms with E-state index in [1.165, 1.54) is 38.2 Å². The zero-order valence-electron chi connectivity index (χ0n) is 21.4. The second-order valence-electron chi connectivity index (χ2n) is 9.73. The third kappa shape index (κ3) is 9.06. The molecule has 1 aliphatic rings. The number of esters is 2. The molecule has 6 nitrogen and oxygen atoms in total. The topological polar surface area (TPSA) is 105 Å². The van der Waals surface area contributed by atoms with E-state index in [-0.39, 0.29) is 18.7 Å². The van der Waals surface area contributed by atoms with Crippen LogP contribution in [0.3, 0.4) is 0 Å². The third-order valence-corrected chi connectivity index (χ3v) is 6.88. The highest BCUT2D eigenvalue weighted by Crippen LogP contribution is 2.30. The maximum absolute atomic E-state index is 12.6. The number of hydrogen-bond acceptors (Lipinski definition) is 6. The lowest BCUT2D eigenvalue weighted by Gasteiger charge is -2.28. The van der Waals surface area contributed by atoms with Crippen molar-refractivity contribution >= 4 is 29.4 Å². The summed E-state index contributed by atoms with van der Waals surface area (Å²) in [4.78, 5) is 24.6. The minimum Gasteiger partial charge on any atom is -0.462 e. The summed E-state index contributed by atoms with van der Waals surface area (Å²) >= 11 is 0. The van der Waals surface area contributed by atoms with E-state index in [1.807, 2.05) is 6.07 Å². The maximum atomic E-state index is 12.6. The summed E-state index contributed by atoms with van der Waals surface area (Å²) in [5.74, 6) is 0.0668. The van der Waals surface area contributed by atoms with Gasteiger partial charge in [0.2, 0.25) is 0 Å². The molecule has 6 heteroatoms. The van der Waals surface area contributed by atoms with Gasteiger partial charge in [0.1, 0.15) is 6.10 Å². The van der Waals surface area contributed by atoms with E-state index in [0.29, 0.717) is 23.4 Å². The Balaban J connectivity index is 1.37. The quantitative estimate of drug-likeness (QED) is 0.155. The van der Waals surface area contributed by atoms with Crippen LogP contribution < -0.4 is 11.5 Å². The molecule has 3 rings (SSSR count). The number of nitrogen functional groups attached to an aromatic ring is 2. The van der Waals surface area contributed by atoms with Gasteiger partial charge in [0.25, 0.3) is 0 Å². The van der Waals surface area contributed by atoms with Crippen molar-refractivity contribution in [2.24, 2.45) is 5.92 Å². The number of ether oxygens (including phenoxy) is 2. The Bertz CT molecular complexity index is 1010. The highest BCUT2D eigenvalue weighted by atomic mass is 16.5. The van der Waals surface area contributed by atoms with Crippen LogP contribution in [0.1, 0.15) is 86.2 Å². The first kappa shape index (κ1) is 27.3. The molecule has 0 bridgehead atoms. The Morgan fingerprint density at radius 3 is 2.42 bits per heavy atom. The van der Waals surface area contributed by atoms with Crippen molar-refractivity contribution in [1.82, 2.24) is 0 Å². The lowest BCUT2D eigenvalue weighted by molar-refractivity contribution is -0.137. The van der Waals surface area contributed by atoms with Crippen LogP contribution in [0.5, 0.6) is 0 Å². The number of carbonyl (C=O) groups excluding carboxylic acids is 2. The molecule has 0 spiro atoms. The van der Waals surface area contributed by atoms with Crippen molar-refractivity contribution in [3.05, 3.63) is 65.2 Å². The molecule has 2 aromatic carbocycles. The standard InChI is InChI=1S/C30H40N2O4/c1-2-3-4-5-6-22-9-16-27(17-10-22)36-30(34)25-12-7-23(8-13-25)11-18-29(33)35-20-19-24-14-15-26(31)21-28(24)32/h7-8,11-15,18,21-22,27H,2-6,9-10,16-17,19-20,31-32H2,1H3. The van der Waals surface area contributed by atoms with E-state index in [0.717, 1.165) is 42.7 Å². The first-order valence-electron chi connectivity index (χ1n) is 13.2. The first-order valence-corrected chi connectivity index (χ1v) is 13.2. The van der Waals surface area contributed by atoms with Crippen LogP contribution in [0.4, 0.5) is 11.4 Å². The largest absolute Gasteiger partial charge is 0.462 e. The molecule has 194 valence electrons. The van der Waals surface area contributed by atoms with Crippen LogP contribution in [-0.2, 0) is 20.7 Å². The Morgan fingerprint density at radius 1 is 0.972 bits per heavy atom. The molecular weight excluding hydrogens is 452 g/mol. The van der Waals surface area contributed by atoms with Crippen molar-refractivity contribution in [3.63, 3.8) is 0 Å². The summed E-state index contributed by atoms with van der Waals surface area (Å²) in [5.41, 5.74) is 15.0. The minimum absolute atomic E-state index is 0.0160. The number of anilines is 2. The third-order valence-electron chi connectivity index (χ3n) is 6.88. The molecule has 36 heavy (non-hydrogen) atoms. The molecule has 1 aliphatic carbocycles. The van der Waals surface area contributed by atoms with Crippen LogP contribution in [-0.4, -0.2) is 24.6 Å². The number of unbranched alkanes of at least 4 members (excludes halogenated alkanes) is 3. The van der Waals surface area contributed by atoms with Gasteiger partial charge < -0.3 is 20.9 Å². The zero-order valence-corrected chi connectivity index (χ0v) is 21.4. The Hall–Kier alpha value is -3.28. The predicted octanol–water partition coefficient (Wildman–Crippen LogP) is 6.34. The second-order valence-corrected chi connectivity index (χ2v) is 9.73. The Labute approximate surface area is 215 Å². The molecule has 0 heterocycles. The number of hydrogen-bond donors (Lipinski definition) is 2. The van der Waals surface area contributed by atoms with Gasteiger partial charge in [0, 0.05) is 23.9 Å². The molecule has 0 atom stereocenters. The molecule has 0 amide bonds. The van der Waals surface area contributed by atoms with Crippen molar-refractivity contribution < 1.29 is 19.1 Å². The summed E-state index contributed by atoms with van der Waals surface area (Å²) in [6, 6.07) is 12.4. The van der Waals surface area contributed by atoms with Gasteiger partial charge in [-0.05, 0) is 73.1 Å². The van der Waals surface area contributed by atoms with Gasteiger partial charge in [0.15, 0.2) is 0 Å². The van der Waals surface area contributed by atoms with Crippen LogP contribution in [0.25, 0.3) is 6.08 Å². The minimum atomic E-state index is -0.437. The first-order chi connectivity index (χ1) is 17.4. The molecular formula is C30H40N2O4. The fourth-order valence-corrected chi connectivity index (χ4v) is 4.66. The fraction of sp³-hybridized carbons (Fsp3) is 0.467. The van der Waals surface area contributed by atoms with Crippen molar-refractivity contribution in [2.75, 3.05) is 18.1 Å². The predicted molar refractivity (Wildman–Crippen MR) is 145 cm³/mol. The highest BCUT2D eigenvalue weighted by Gasteiger charge is 2.24. The lowest BCUT2D eigenvalue weighted by Crippen LogP contribution is -2.24. The maximum Gasteiger partial charge on any atom is 0.338 e. The van der Waals surface area contributed by atoms with Crippen molar-refractivity contribution in [1.29, 1.82) is 0 Å². The smallest absolute Gasteiger partial charge is 0.338 e. The zero-order chi connectivity index (χ0) is 25.8. The summed E-state index contributed by atoms with van der Waals surface area (Å²) in [6.07, 6.45) is 14.3. The number of carbonyl (C=O) groups is 2. The average molecular weight is 493 g/mol. The van der Waals surface area contributed by atoms with E-state index in [1.54, 1.807) is 42.5 Å². The van der Waals surface area contributed by atoms with Gasteiger partial charge in [-0.1, -0.05) is 57.2 Å². The molecule has 0 aromatic heterocycles. The number of nitrogens with two attached hydrogens (primary N) is 2. The summed E-state index contributed by atoms with van der Waals surface area (Å²) in [5, 5.41) is 0. The van der Waals surface area contributed by atoms with Gasteiger partial charge in [0.05, 0.1) is 12.2 Å². The second kappa shape index (κ2) is 14.3. The Kier molecular flexibility index (Phi) is 10.9. The van der Waals surface area contributed by atoms with E-state index in [9.17, 15) is 9.59 Å². The van der Waals surface area contributed by atoms with Crippen molar-refractivity contribution in [3.8, 4) is 0 Å². The SMILES string of the molecule is CCCCCCC1CCC(OC(=O)c2ccc(C=CC(=O)OCCc3ccc(N)cc3N)cc2)CC1. The van der Waals surface area contributed by atoms with E-state index < -0.39 is 5.97 Å². The number of benzene rings is 2. The van der Waals surface area contributed by atoms with Crippen LogP contribution >= 0.6 is 0 Å². The van der Waals surface area contributed by atoms with Gasteiger partial charge in [-0.15, -0.1) is 0 Å². The van der Waals surface area contributed by atoms with Crippen LogP contribution in [0.2, 0.25) is 0 Å². The van der Waals surface area contributed by atoms with E-state index in [4.69, 9.17) is 20.9 Å². The summed E-state index contributed by atoms with van der Waals surface area (Å²) < 4.78 is 11.0.